The van der Waals surface area contributed by atoms with Gasteiger partial charge in [0, 0.05) is 6.20 Å². The Hall–Kier alpha value is -0.865. The van der Waals surface area contributed by atoms with Crippen LogP contribution in [-0.4, -0.2) is 23.9 Å². The molecule has 3 nitrogen and oxygen atoms in total. The van der Waals surface area contributed by atoms with Crippen LogP contribution in [0, 0.1) is 0 Å². The standard InChI is InChI=1S/C5H8BNO2/c1-3-5(4-7-2)6(8)9/h3-4,8-9H,1-2H2/b5-4+. The summed E-state index contributed by atoms with van der Waals surface area (Å²) in [7, 11) is -1.51. The van der Waals surface area contributed by atoms with Gasteiger partial charge < -0.3 is 10.0 Å². The van der Waals surface area contributed by atoms with Crippen LogP contribution >= 0.6 is 0 Å². The fourth-order valence-electron chi connectivity index (χ4n) is 0.330. The van der Waals surface area contributed by atoms with Crippen molar-refractivity contribution in [2.45, 2.75) is 0 Å². The van der Waals surface area contributed by atoms with Crippen LogP contribution in [0.2, 0.25) is 0 Å². The van der Waals surface area contributed by atoms with E-state index in [2.05, 4.69) is 18.3 Å². The lowest BCUT2D eigenvalue weighted by Crippen LogP contribution is -2.13. The van der Waals surface area contributed by atoms with Crippen LogP contribution in [0.5, 0.6) is 0 Å². The van der Waals surface area contributed by atoms with Crippen molar-refractivity contribution in [2.75, 3.05) is 0 Å². The number of allylic oxidation sites excluding steroid dienone is 2. The van der Waals surface area contributed by atoms with Crippen molar-refractivity contribution in [3.05, 3.63) is 24.3 Å². The predicted octanol–water partition coefficient (Wildman–Crippen LogP) is -0.231. The highest BCUT2D eigenvalue weighted by Gasteiger charge is 2.09. The van der Waals surface area contributed by atoms with Crippen molar-refractivity contribution in [1.82, 2.24) is 0 Å². The molecule has 0 atom stereocenters. The lowest BCUT2D eigenvalue weighted by molar-refractivity contribution is 0.420. The molecule has 48 valence electrons. The summed E-state index contributed by atoms with van der Waals surface area (Å²) in [5.41, 5.74) is 0.241. The van der Waals surface area contributed by atoms with Crippen LogP contribution in [0.1, 0.15) is 0 Å². The summed E-state index contributed by atoms with van der Waals surface area (Å²) in [6, 6.07) is 0. The summed E-state index contributed by atoms with van der Waals surface area (Å²) < 4.78 is 0. The SMILES string of the molecule is C=C/C(=C\N=C)B(O)O. The summed E-state index contributed by atoms with van der Waals surface area (Å²) >= 11 is 0. The monoisotopic (exact) mass is 125 g/mol. The maximum atomic E-state index is 8.47. The van der Waals surface area contributed by atoms with Gasteiger partial charge in [-0.25, -0.2) is 0 Å². The van der Waals surface area contributed by atoms with E-state index < -0.39 is 7.12 Å². The van der Waals surface area contributed by atoms with Crippen LogP contribution in [0.4, 0.5) is 0 Å². The lowest BCUT2D eigenvalue weighted by Gasteiger charge is -1.93. The predicted molar refractivity (Wildman–Crippen MR) is 38.0 cm³/mol. The lowest BCUT2D eigenvalue weighted by atomic mass is 9.80. The van der Waals surface area contributed by atoms with Crippen molar-refractivity contribution in [3.63, 3.8) is 0 Å². The third kappa shape index (κ3) is 2.84. The number of hydrogen-bond acceptors (Lipinski definition) is 3. The van der Waals surface area contributed by atoms with Gasteiger partial charge in [-0.1, -0.05) is 12.7 Å². The van der Waals surface area contributed by atoms with Crippen LogP contribution in [0.3, 0.4) is 0 Å². The molecule has 9 heavy (non-hydrogen) atoms. The number of aliphatic imine (C=N–C) groups is 1. The highest BCUT2D eigenvalue weighted by molar-refractivity contribution is 6.51. The largest absolute Gasteiger partial charge is 0.489 e. The second kappa shape index (κ2) is 4.06. The summed E-state index contributed by atoms with van der Waals surface area (Å²) in [5.74, 6) is 0. The first-order valence-corrected chi connectivity index (χ1v) is 2.37. The third-order valence-electron chi connectivity index (χ3n) is 0.774. The maximum absolute atomic E-state index is 8.47. The minimum atomic E-state index is -1.51. The molecule has 0 saturated carbocycles. The molecule has 0 saturated heterocycles. The minimum absolute atomic E-state index is 0.241. The third-order valence-corrected chi connectivity index (χ3v) is 0.774. The normalized spacial score (nSPS) is 10.7. The van der Waals surface area contributed by atoms with Crippen molar-refractivity contribution < 1.29 is 10.0 Å². The second-order valence-corrected chi connectivity index (χ2v) is 1.39. The molecule has 0 amide bonds. The van der Waals surface area contributed by atoms with E-state index in [-0.39, 0.29) is 5.47 Å². The van der Waals surface area contributed by atoms with Crippen LogP contribution < -0.4 is 0 Å². The molecule has 0 radical (unpaired) electrons. The molecular weight excluding hydrogens is 117 g/mol. The van der Waals surface area contributed by atoms with E-state index in [4.69, 9.17) is 10.0 Å². The van der Waals surface area contributed by atoms with E-state index in [9.17, 15) is 0 Å². The van der Waals surface area contributed by atoms with Crippen LogP contribution in [0.25, 0.3) is 0 Å². The second-order valence-electron chi connectivity index (χ2n) is 1.39. The van der Waals surface area contributed by atoms with Gasteiger partial charge in [0.2, 0.25) is 0 Å². The van der Waals surface area contributed by atoms with E-state index in [0.717, 1.165) is 0 Å². The first-order chi connectivity index (χ1) is 4.22. The Labute approximate surface area is 54.2 Å². The molecular formula is C5H8BNO2. The van der Waals surface area contributed by atoms with Gasteiger partial charge in [0.05, 0.1) is 0 Å². The Balaban J connectivity index is 4.13. The molecule has 0 aromatic rings. The molecule has 0 spiro atoms. The average molecular weight is 125 g/mol. The molecule has 4 heteroatoms. The smallest absolute Gasteiger partial charge is 0.423 e. The molecule has 0 unspecified atom stereocenters. The minimum Gasteiger partial charge on any atom is -0.423 e. The fraction of sp³-hybridized carbons (Fsp3) is 0. The Morgan fingerprint density at radius 3 is 2.22 bits per heavy atom. The Bertz CT molecular complexity index is 142. The zero-order valence-electron chi connectivity index (χ0n) is 4.99. The van der Waals surface area contributed by atoms with E-state index in [1.807, 2.05) is 0 Å². The fourth-order valence-corrected chi connectivity index (χ4v) is 0.330. The van der Waals surface area contributed by atoms with Crippen LogP contribution in [-0.2, 0) is 0 Å². The molecule has 0 aliphatic heterocycles. The molecule has 0 aromatic carbocycles. The highest BCUT2D eigenvalue weighted by Crippen LogP contribution is 1.95. The first-order valence-electron chi connectivity index (χ1n) is 2.37. The van der Waals surface area contributed by atoms with E-state index >= 15 is 0 Å². The summed E-state index contributed by atoms with van der Waals surface area (Å²) in [6.45, 7) is 6.46. The molecule has 0 aliphatic carbocycles. The van der Waals surface area contributed by atoms with Gasteiger partial charge in [0.1, 0.15) is 0 Å². The molecule has 0 bridgehead atoms. The van der Waals surface area contributed by atoms with Gasteiger partial charge >= 0.3 is 7.12 Å². The molecule has 0 fully saturated rings. The maximum Gasteiger partial charge on any atom is 0.489 e. The van der Waals surface area contributed by atoms with Gasteiger partial charge in [-0.2, -0.15) is 0 Å². The first kappa shape index (κ1) is 8.13. The van der Waals surface area contributed by atoms with Gasteiger partial charge in [-0.15, -0.1) is 0 Å². The number of rotatable bonds is 3. The Kier molecular flexibility index (Phi) is 3.67. The highest BCUT2D eigenvalue weighted by atomic mass is 16.4. The van der Waals surface area contributed by atoms with E-state index in [1.54, 1.807) is 0 Å². The van der Waals surface area contributed by atoms with Gasteiger partial charge in [-0.05, 0) is 12.2 Å². The van der Waals surface area contributed by atoms with Crippen molar-refractivity contribution in [3.8, 4) is 0 Å². The topological polar surface area (TPSA) is 52.8 Å². The molecule has 0 aliphatic rings. The van der Waals surface area contributed by atoms with Gasteiger partial charge in [0.25, 0.3) is 0 Å². The van der Waals surface area contributed by atoms with Crippen molar-refractivity contribution in [1.29, 1.82) is 0 Å². The Morgan fingerprint density at radius 1 is 1.56 bits per heavy atom. The Morgan fingerprint density at radius 2 is 2.11 bits per heavy atom. The summed E-state index contributed by atoms with van der Waals surface area (Å²) in [5, 5.41) is 16.9. The van der Waals surface area contributed by atoms with Crippen molar-refractivity contribution >= 4 is 13.8 Å². The average Bonchev–Trinajstić information content (AvgIpc) is 1.82. The molecule has 0 rings (SSSR count). The molecule has 0 aromatic heterocycles. The summed E-state index contributed by atoms with van der Waals surface area (Å²) in [6.07, 6.45) is 2.54. The molecule has 2 N–H and O–H groups in total. The quantitative estimate of drug-likeness (QED) is 0.311. The van der Waals surface area contributed by atoms with E-state index in [1.165, 1.54) is 12.3 Å². The van der Waals surface area contributed by atoms with Gasteiger partial charge in [0.15, 0.2) is 0 Å². The van der Waals surface area contributed by atoms with Gasteiger partial charge in [-0.3, -0.25) is 4.99 Å². The van der Waals surface area contributed by atoms with E-state index in [0.29, 0.717) is 0 Å². The van der Waals surface area contributed by atoms with Crippen molar-refractivity contribution in [2.24, 2.45) is 4.99 Å². The zero-order valence-corrected chi connectivity index (χ0v) is 4.99. The number of nitrogens with zero attached hydrogens (tertiary/aromatic N) is 1. The van der Waals surface area contributed by atoms with Crippen LogP contribution in [0.15, 0.2) is 29.3 Å². The zero-order chi connectivity index (χ0) is 7.28. The summed E-state index contributed by atoms with van der Waals surface area (Å²) in [4.78, 5) is 3.32. The molecule has 0 heterocycles. The number of hydrogen-bond donors (Lipinski definition) is 2.